The molecule has 0 fully saturated rings. The molecule has 0 aliphatic rings. The molecule has 0 aromatic carbocycles. The molecule has 84 valence electrons. The van der Waals surface area contributed by atoms with E-state index in [2.05, 4.69) is 0 Å². The summed E-state index contributed by atoms with van der Waals surface area (Å²) < 4.78 is 0. The number of hydrogen-bond acceptors (Lipinski definition) is 3. The van der Waals surface area contributed by atoms with E-state index >= 15 is 0 Å². The maximum absolute atomic E-state index is 10.3. The van der Waals surface area contributed by atoms with E-state index in [0.717, 1.165) is 12.2 Å². The maximum Gasteiger partial charge on any atom is 0.328 e. The molecule has 5 heteroatoms. The minimum absolute atomic E-state index is 0.336. The Morgan fingerprint density at radius 3 is 1.73 bits per heavy atom. The average molecular weight is 214 g/mol. The minimum Gasteiger partial charge on any atom is -0.478 e. The molecule has 0 heterocycles. The van der Waals surface area contributed by atoms with Gasteiger partial charge in [-0.05, 0) is 6.42 Å². The number of rotatable bonds is 6. The van der Waals surface area contributed by atoms with Gasteiger partial charge in [-0.1, -0.05) is 19.1 Å². The molecule has 15 heavy (non-hydrogen) atoms. The van der Waals surface area contributed by atoms with Gasteiger partial charge in [0.25, 0.3) is 0 Å². The summed E-state index contributed by atoms with van der Waals surface area (Å²) in [6, 6.07) is 0. The molecule has 5 nitrogen and oxygen atoms in total. The number of hydrogen-bond donors (Lipinski definition) is 3. The van der Waals surface area contributed by atoms with Gasteiger partial charge in [0.1, 0.15) is 0 Å². The van der Waals surface area contributed by atoms with Crippen LogP contribution in [0.2, 0.25) is 0 Å². The highest BCUT2D eigenvalue weighted by Crippen LogP contribution is 2.25. The lowest BCUT2D eigenvalue weighted by molar-refractivity contribution is -0.132. The number of aliphatic hydroxyl groups is 1. The van der Waals surface area contributed by atoms with E-state index in [9.17, 15) is 9.59 Å². The van der Waals surface area contributed by atoms with Gasteiger partial charge in [-0.15, -0.1) is 0 Å². The second-order valence-electron chi connectivity index (χ2n) is 3.09. The lowest BCUT2D eigenvalue weighted by Crippen LogP contribution is -2.20. The van der Waals surface area contributed by atoms with Crippen molar-refractivity contribution in [2.75, 3.05) is 6.61 Å². The quantitative estimate of drug-likeness (QED) is 0.564. The van der Waals surface area contributed by atoms with Gasteiger partial charge in [-0.2, -0.15) is 0 Å². The number of carboxylic acid groups (broad SMARTS) is 2. The Balaban J connectivity index is 4.87. The molecule has 0 radical (unpaired) electrons. The number of carbonyl (C=O) groups is 2. The standard InChI is InChI=1S/C10H14O5/c1-2-10(7-11,5-3-8(12)13)6-4-9(14)15/h3-6,11H,2,7H2,1H3,(H,12,13)(H,14,15). The van der Waals surface area contributed by atoms with Gasteiger partial charge in [-0.3, -0.25) is 0 Å². The van der Waals surface area contributed by atoms with Gasteiger partial charge < -0.3 is 15.3 Å². The molecule has 0 amide bonds. The molecular weight excluding hydrogens is 200 g/mol. The number of carboxylic acids is 2. The SMILES string of the molecule is CCC(C=CC(=O)O)(C=CC(=O)O)CO. The van der Waals surface area contributed by atoms with Crippen molar-refractivity contribution in [2.24, 2.45) is 5.41 Å². The van der Waals surface area contributed by atoms with Crippen LogP contribution in [0.1, 0.15) is 13.3 Å². The van der Waals surface area contributed by atoms with Crippen molar-refractivity contribution in [3.8, 4) is 0 Å². The van der Waals surface area contributed by atoms with E-state index in [4.69, 9.17) is 15.3 Å². The molecule has 0 atom stereocenters. The Hall–Kier alpha value is -1.62. The van der Waals surface area contributed by atoms with Crippen molar-refractivity contribution in [3.63, 3.8) is 0 Å². The summed E-state index contributed by atoms with van der Waals surface area (Å²) >= 11 is 0. The van der Waals surface area contributed by atoms with Crippen LogP contribution in [0.25, 0.3) is 0 Å². The molecule has 0 bridgehead atoms. The van der Waals surface area contributed by atoms with Crippen LogP contribution in [0.4, 0.5) is 0 Å². The van der Waals surface area contributed by atoms with Crippen LogP contribution in [0, 0.1) is 5.41 Å². The molecule has 0 aliphatic heterocycles. The van der Waals surface area contributed by atoms with Crippen LogP contribution in [-0.2, 0) is 9.59 Å². The zero-order valence-electron chi connectivity index (χ0n) is 8.38. The first kappa shape index (κ1) is 13.4. The van der Waals surface area contributed by atoms with Crippen LogP contribution in [0.3, 0.4) is 0 Å². The van der Waals surface area contributed by atoms with E-state index in [1.54, 1.807) is 6.92 Å². The second kappa shape index (κ2) is 5.98. The van der Waals surface area contributed by atoms with Gasteiger partial charge in [0, 0.05) is 17.6 Å². The van der Waals surface area contributed by atoms with Crippen LogP contribution in [0.5, 0.6) is 0 Å². The molecule has 0 rings (SSSR count). The minimum atomic E-state index is -1.13. The van der Waals surface area contributed by atoms with E-state index in [0.29, 0.717) is 6.42 Å². The summed E-state index contributed by atoms with van der Waals surface area (Å²) in [7, 11) is 0. The highest BCUT2D eigenvalue weighted by molar-refractivity contribution is 5.81. The van der Waals surface area contributed by atoms with Gasteiger partial charge in [0.2, 0.25) is 0 Å². The predicted molar refractivity (Wildman–Crippen MR) is 53.4 cm³/mol. The van der Waals surface area contributed by atoms with E-state index in [1.165, 1.54) is 12.2 Å². The molecule has 0 saturated heterocycles. The molecule has 0 saturated carbocycles. The van der Waals surface area contributed by atoms with Crippen LogP contribution in [0.15, 0.2) is 24.3 Å². The first-order chi connectivity index (χ1) is 6.95. The third-order valence-corrected chi connectivity index (χ3v) is 2.07. The van der Waals surface area contributed by atoms with Crippen molar-refractivity contribution >= 4 is 11.9 Å². The summed E-state index contributed by atoms with van der Waals surface area (Å²) in [4.78, 5) is 20.6. The Labute approximate surface area is 87.4 Å². The third-order valence-electron chi connectivity index (χ3n) is 2.07. The Morgan fingerprint density at radius 2 is 1.53 bits per heavy atom. The molecule has 0 unspecified atom stereocenters. The van der Waals surface area contributed by atoms with E-state index < -0.39 is 17.4 Å². The van der Waals surface area contributed by atoms with E-state index in [-0.39, 0.29) is 6.61 Å². The van der Waals surface area contributed by atoms with Crippen LogP contribution >= 0.6 is 0 Å². The monoisotopic (exact) mass is 214 g/mol. The number of aliphatic carboxylic acids is 2. The van der Waals surface area contributed by atoms with Gasteiger partial charge in [0.05, 0.1) is 6.61 Å². The average Bonchev–Trinajstić information content (AvgIpc) is 2.19. The fourth-order valence-corrected chi connectivity index (χ4v) is 0.983. The lowest BCUT2D eigenvalue weighted by Gasteiger charge is -2.22. The molecule has 0 aliphatic carbocycles. The summed E-state index contributed by atoms with van der Waals surface area (Å²) in [5.41, 5.74) is -0.920. The number of aliphatic hydroxyl groups excluding tert-OH is 1. The first-order valence-electron chi connectivity index (χ1n) is 4.41. The van der Waals surface area contributed by atoms with Crippen molar-refractivity contribution < 1.29 is 24.9 Å². The fraction of sp³-hybridized carbons (Fsp3) is 0.400. The third kappa shape index (κ3) is 4.97. The highest BCUT2D eigenvalue weighted by Gasteiger charge is 2.21. The van der Waals surface area contributed by atoms with Crippen molar-refractivity contribution in [2.45, 2.75) is 13.3 Å². The van der Waals surface area contributed by atoms with Gasteiger partial charge in [-0.25, -0.2) is 9.59 Å². The fourth-order valence-electron chi connectivity index (χ4n) is 0.983. The normalized spacial score (nSPS) is 15.6. The largest absolute Gasteiger partial charge is 0.478 e. The van der Waals surface area contributed by atoms with Crippen LogP contribution in [-0.4, -0.2) is 33.9 Å². The Morgan fingerprint density at radius 1 is 1.13 bits per heavy atom. The van der Waals surface area contributed by atoms with Crippen LogP contribution < -0.4 is 0 Å². The Kier molecular flexibility index (Phi) is 5.33. The zero-order valence-corrected chi connectivity index (χ0v) is 8.38. The summed E-state index contributed by atoms with van der Waals surface area (Å²) in [6.45, 7) is 1.39. The molecule has 3 N–H and O–H groups in total. The molecule has 0 spiro atoms. The zero-order chi connectivity index (χ0) is 11.9. The van der Waals surface area contributed by atoms with Gasteiger partial charge in [0.15, 0.2) is 0 Å². The van der Waals surface area contributed by atoms with E-state index in [1.807, 2.05) is 0 Å². The second-order valence-corrected chi connectivity index (χ2v) is 3.09. The smallest absolute Gasteiger partial charge is 0.328 e. The van der Waals surface area contributed by atoms with Crippen molar-refractivity contribution in [3.05, 3.63) is 24.3 Å². The van der Waals surface area contributed by atoms with Gasteiger partial charge >= 0.3 is 11.9 Å². The summed E-state index contributed by atoms with van der Waals surface area (Å²) in [5.74, 6) is -2.27. The topological polar surface area (TPSA) is 94.8 Å². The van der Waals surface area contributed by atoms with Crippen molar-refractivity contribution in [1.29, 1.82) is 0 Å². The predicted octanol–water partition coefficient (Wildman–Crippen LogP) is 0.657. The van der Waals surface area contributed by atoms with Crippen molar-refractivity contribution in [1.82, 2.24) is 0 Å². The Bertz CT molecular complexity index is 260. The molecule has 0 aromatic heterocycles. The summed E-state index contributed by atoms with van der Waals surface area (Å²) in [6.07, 6.45) is 4.78. The molecular formula is C10H14O5. The maximum atomic E-state index is 10.3. The highest BCUT2D eigenvalue weighted by atomic mass is 16.4. The summed E-state index contributed by atoms with van der Waals surface area (Å²) in [5, 5.41) is 26.0. The lowest BCUT2D eigenvalue weighted by atomic mass is 9.85. The molecule has 0 aromatic rings. The first-order valence-corrected chi connectivity index (χ1v) is 4.41.